The summed E-state index contributed by atoms with van der Waals surface area (Å²) in [7, 11) is 2.57. The normalized spacial score (nSPS) is 11.2. The third-order valence-corrected chi connectivity index (χ3v) is 3.10. The van der Waals surface area contributed by atoms with Gasteiger partial charge in [-0.2, -0.15) is 5.01 Å². The van der Waals surface area contributed by atoms with Crippen LogP contribution in [0.4, 0.5) is 5.69 Å². The minimum Gasteiger partial charge on any atom is -0.468 e. The van der Waals surface area contributed by atoms with Gasteiger partial charge in [0, 0.05) is 0 Å². The van der Waals surface area contributed by atoms with Crippen LogP contribution in [-0.2, 0) is 19.1 Å². The molecule has 0 atom stereocenters. The lowest BCUT2D eigenvalue weighted by atomic mass is 10.3. The number of hydrazine groups is 1. The van der Waals surface area contributed by atoms with Crippen molar-refractivity contribution < 1.29 is 19.1 Å². The molecule has 0 aliphatic rings. The van der Waals surface area contributed by atoms with Crippen molar-refractivity contribution in [1.29, 1.82) is 0 Å². The van der Waals surface area contributed by atoms with E-state index in [4.69, 9.17) is 0 Å². The highest BCUT2D eigenvalue weighted by Crippen LogP contribution is 2.12. The van der Waals surface area contributed by atoms with Crippen LogP contribution < -0.4 is 5.43 Å². The first-order chi connectivity index (χ1) is 10.6. The summed E-state index contributed by atoms with van der Waals surface area (Å²) in [4.78, 5) is 27.2. The summed E-state index contributed by atoms with van der Waals surface area (Å²) >= 11 is 1.36. The molecule has 0 fully saturated rings. The Balaban J connectivity index is 2.82. The molecule has 0 amide bonds. The molecule has 0 saturated carbocycles. The smallest absolute Gasteiger partial charge is 0.321 e. The van der Waals surface area contributed by atoms with E-state index in [1.165, 1.54) is 31.0 Å². The standard InChI is InChI=1S/C14H19N3O4S/c1-20-12(18)9-17(10-13(19)21-2)16-14(22-3)15-11-7-5-4-6-8-11/h4-8H,9-10H2,1-3H3,(H,15,16). The van der Waals surface area contributed by atoms with Gasteiger partial charge < -0.3 is 9.47 Å². The van der Waals surface area contributed by atoms with Crippen LogP contribution in [0.25, 0.3) is 0 Å². The SMILES string of the molecule is COC(=O)CN(CC(=O)OC)NC(=Nc1ccccc1)SC. The van der Waals surface area contributed by atoms with E-state index in [1.807, 2.05) is 36.6 Å². The molecule has 0 spiro atoms. The summed E-state index contributed by atoms with van der Waals surface area (Å²) in [5.74, 6) is -0.951. The summed E-state index contributed by atoms with van der Waals surface area (Å²) in [5, 5.41) is 1.93. The topological polar surface area (TPSA) is 80.2 Å². The fraction of sp³-hybridized carbons (Fsp3) is 0.357. The molecule has 7 nitrogen and oxygen atoms in total. The maximum Gasteiger partial charge on any atom is 0.321 e. The Bertz CT molecular complexity index is 504. The van der Waals surface area contributed by atoms with Crippen molar-refractivity contribution >= 4 is 34.6 Å². The average molecular weight is 325 g/mol. The van der Waals surface area contributed by atoms with Crippen molar-refractivity contribution in [2.24, 2.45) is 4.99 Å². The van der Waals surface area contributed by atoms with Crippen LogP contribution in [0.2, 0.25) is 0 Å². The quantitative estimate of drug-likeness (QED) is 0.364. The minimum absolute atomic E-state index is 0.111. The van der Waals surface area contributed by atoms with Gasteiger partial charge in [0.1, 0.15) is 13.1 Å². The van der Waals surface area contributed by atoms with E-state index >= 15 is 0 Å². The second kappa shape index (κ2) is 9.80. The van der Waals surface area contributed by atoms with Gasteiger partial charge in [0.2, 0.25) is 0 Å². The van der Waals surface area contributed by atoms with Crippen molar-refractivity contribution in [2.75, 3.05) is 33.6 Å². The van der Waals surface area contributed by atoms with E-state index in [9.17, 15) is 9.59 Å². The number of esters is 2. The van der Waals surface area contributed by atoms with Gasteiger partial charge in [-0.05, 0) is 18.4 Å². The summed E-state index contributed by atoms with van der Waals surface area (Å²) in [5.41, 5.74) is 3.69. The average Bonchev–Trinajstić information content (AvgIpc) is 2.54. The number of nitrogens with zero attached hydrogens (tertiary/aromatic N) is 2. The van der Waals surface area contributed by atoms with Crippen molar-refractivity contribution in [3.8, 4) is 0 Å². The number of thioether (sulfide) groups is 1. The Hall–Kier alpha value is -2.06. The Morgan fingerprint density at radius 3 is 2.14 bits per heavy atom. The molecule has 0 aliphatic heterocycles. The van der Waals surface area contributed by atoms with Gasteiger partial charge in [0.25, 0.3) is 0 Å². The van der Waals surface area contributed by atoms with E-state index in [0.717, 1.165) is 5.69 Å². The number of para-hydroxylation sites is 1. The van der Waals surface area contributed by atoms with E-state index in [-0.39, 0.29) is 13.1 Å². The number of hydrogen-bond donors (Lipinski definition) is 1. The third kappa shape index (κ3) is 6.59. The van der Waals surface area contributed by atoms with Crippen LogP contribution in [0, 0.1) is 0 Å². The number of methoxy groups -OCH3 is 2. The van der Waals surface area contributed by atoms with Gasteiger partial charge in [-0.3, -0.25) is 15.0 Å². The highest BCUT2D eigenvalue weighted by Gasteiger charge is 2.16. The summed E-state index contributed by atoms with van der Waals surface area (Å²) < 4.78 is 9.22. The summed E-state index contributed by atoms with van der Waals surface area (Å²) in [6.07, 6.45) is 1.84. The van der Waals surface area contributed by atoms with Gasteiger partial charge in [-0.25, -0.2) is 4.99 Å². The number of amidine groups is 1. The Labute approximate surface area is 133 Å². The Morgan fingerprint density at radius 1 is 1.14 bits per heavy atom. The lowest BCUT2D eigenvalue weighted by Crippen LogP contribution is -2.47. The van der Waals surface area contributed by atoms with Crippen molar-refractivity contribution in [3.63, 3.8) is 0 Å². The second-order valence-electron chi connectivity index (χ2n) is 4.08. The molecule has 1 aromatic carbocycles. The number of hydrogen-bond acceptors (Lipinski definition) is 7. The fourth-order valence-corrected chi connectivity index (χ4v) is 1.86. The molecule has 0 aromatic heterocycles. The fourth-order valence-electron chi connectivity index (χ4n) is 1.45. The van der Waals surface area contributed by atoms with Gasteiger partial charge in [0.15, 0.2) is 5.17 Å². The molecule has 0 aliphatic carbocycles. The van der Waals surface area contributed by atoms with Crippen LogP contribution in [0.1, 0.15) is 0 Å². The molecule has 1 rings (SSSR count). The molecule has 0 heterocycles. The zero-order valence-electron chi connectivity index (χ0n) is 12.7. The van der Waals surface area contributed by atoms with Crippen molar-refractivity contribution in [3.05, 3.63) is 30.3 Å². The molecular formula is C14H19N3O4S. The molecule has 22 heavy (non-hydrogen) atoms. The van der Waals surface area contributed by atoms with Crippen molar-refractivity contribution in [2.45, 2.75) is 0 Å². The number of benzene rings is 1. The maximum atomic E-state index is 11.4. The summed E-state index contributed by atoms with van der Waals surface area (Å²) in [6, 6.07) is 9.34. The first kappa shape index (κ1) is 18.0. The lowest BCUT2D eigenvalue weighted by Gasteiger charge is -2.21. The zero-order chi connectivity index (χ0) is 16.4. The molecule has 120 valence electrons. The van der Waals surface area contributed by atoms with Crippen LogP contribution in [-0.4, -0.2) is 55.7 Å². The van der Waals surface area contributed by atoms with E-state index in [2.05, 4.69) is 19.9 Å². The van der Waals surface area contributed by atoms with Crippen LogP contribution in [0.5, 0.6) is 0 Å². The molecule has 0 saturated heterocycles. The highest BCUT2D eigenvalue weighted by atomic mass is 32.2. The zero-order valence-corrected chi connectivity index (χ0v) is 13.6. The van der Waals surface area contributed by atoms with E-state index < -0.39 is 11.9 Å². The van der Waals surface area contributed by atoms with Gasteiger partial charge in [0.05, 0.1) is 19.9 Å². The van der Waals surface area contributed by atoms with Crippen LogP contribution in [0.3, 0.4) is 0 Å². The largest absolute Gasteiger partial charge is 0.468 e. The predicted octanol–water partition coefficient (Wildman–Crippen LogP) is 1.19. The Morgan fingerprint density at radius 2 is 1.68 bits per heavy atom. The number of aliphatic imine (C=N–C) groups is 1. The molecule has 8 heteroatoms. The number of carbonyl (C=O) groups excluding carboxylic acids is 2. The predicted molar refractivity (Wildman–Crippen MR) is 85.8 cm³/mol. The first-order valence-corrected chi connectivity index (χ1v) is 7.64. The number of ether oxygens (including phenoxy) is 2. The van der Waals surface area contributed by atoms with Gasteiger partial charge in [-0.15, -0.1) is 0 Å². The van der Waals surface area contributed by atoms with Gasteiger partial charge >= 0.3 is 11.9 Å². The Kier molecular flexibility index (Phi) is 8.01. The summed E-state index contributed by atoms with van der Waals surface area (Å²) in [6.45, 7) is -0.222. The molecule has 0 bridgehead atoms. The first-order valence-electron chi connectivity index (χ1n) is 6.42. The minimum atomic E-state index is -0.475. The number of nitrogens with one attached hydrogen (secondary N) is 1. The van der Waals surface area contributed by atoms with Crippen molar-refractivity contribution in [1.82, 2.24) is 10.4 Å². The molecule has 0 unspecified atom stereocenters. The van der Waals surface area contributed by atoms with E-state index in [1.54, 1.807) is 0 Å². The molecular weight excluding hydrogens is 306 g/mol. The van der Waals surface area contributed by atoms with Crippen LogP contribution in [0.15, 0.2) is 35.3 Å². The highest BCUT2D eigenvalue weighted by molar-refractivity contribution is 8.13. The maximum absolute atomic E-state index is 11.4. The molecule has 1 aromatic rings. The second-order valence-corrected chi connectivity index (χ2v) is 4.87. The van der Waals surface area contributed by atoms with E-state index in [0.29, 0.717) is 5.17 Å². The van der Waals surface area contributed by atoms with Crippen LogP contribution >= 0.6 is 11.8 Å². The molecule has 1 N–H and O–H groups in total. The third-order valence-electron chi connectivity index (χ3n) is 2.53. The number of rotatable bonds is 6. The lowest BCUT2D eigenvalue weighted by molar-refractivity contribution is -0.146. The number of carbonyl (C=O) groups is 2. The monoisotopic (exact) mass is 325 g/mol. The molecule has 0 radical (unpaired) electrons. The van der Waals surface area contributed by atoms with Gasteiger partial charge in [-0.1, -0.05) is 30.0 Å².